The first-order valence-electron chi connectivity index (χ1n) is 8.12. The minimum absolute atomic E-state index is 0.0464. The molecule has 0 unspecified atom stereocenters. The van der Waals surface area contributed by atoms with Gasteiger partial charge in [-0.3, -0.25) is 0 Å². The molecule has 0 spiro atoms. The van der Waals surface area contributed by atoms with E-state index in [1.54, 1.807) is 17.9 Å². The molecule has 0 atom stereocenters. The van der Waals surface area contributed by atoms with Gasteiger partial charge < -0.3 is 23.5 Å². The highest BCUT2D eigenvalue weighted by molar-refractivity contribution is 6.03. The standard InChI is InChI=1S/C18H19N3O6/c1-10-5-6-12(16-20-19-11(2)27-16)7-14(10)21-9-26-8-13(17(22)24-3)15(21)18(23)25-4/h5-7H,8-9H2,1-4H3. The minimum atomic E-state index is -0.655. The zero-order valence-corrected chi connectivity index (χ0v) is 15.4. The Kier molecular flexibility index (Phi) is 5.22. The van der Waals surface area contributed by atoms with E-state index in [4.69, 9.17) is 18.6 Å². The Morgan fingerprint density at radius 1 is 1.11 bits per heavy atom. The van der Waals surface area contributed by atoms with Crippen LogP contribution in [-0.4, -0.2) is 49.7 Å². The van der Waals surface area contributed by atoms with Crippen molar-refractivity contribution in [1.29, 1.82) is 0 Å². The first-order chi connectivity index (χ1) is 13.0. The van der Waals surface area contributed by atoms with E-state index in [1.807, 2.05) is 19.1 Å². The van der Waals surface area contributed by atoms with E-state index < -0.39 is 11.9 Å². The summed E-state index contributed by atoms with van der Waals surface area (Å²) < 4.78 is 20.6. The fourth-order valence-electron chi connectivity index (χ4n) is 2.78. The maximum atomic E-state index is 12.4. The van der Waals surface area contributed by atoms with Gasteiger partial charge in [0.05, 0.1) is 26.4 Å². The number of esters is 2. The van der Waals surface area contributed by atoms with E-state index >= 15 is 0 Å². The van der Waals surface area contributed by atoms with Crippen molar-refractivity contribution >= 4 is 17.6 Å². The molecule has 0 saturated heterocycles. The summed E-state index contributed by atoms with van der Waals surface area (Å²) in [6.07, 6.45) is 0. The molecule has 142 valence electrons. The van der Waals surface area contributed by atoms with E-state index in [0.717, 1.165) is 5.56 Å². The van der Waals surface area contributed by atoms with Gasteiger partial charge in [-0.05, 0) is 24.6 Å². The van der Waals surface area contributed by atoms with E-state index in [0.29, 0.717) is 23.0 Å². The molecule has 0 amide bonds. The Hall–Kier alpha value is -3.20. The summed E-state index contributed by atoms with van der Waals surface area (Å²) in [7, 11) is 2.50. The number of methoxy groups -OCH3 is 2. The number of carbonyl (C=O) groups excluding carboxylic acids is 2. The Bertz CT molecular complexity index is 918. The number of carbonyl (C=O) groups is 2. The van der Waals surface area contributed by atoms with Crippen molar-refractivity contribution in [3.05, 3.63) is 40.9 Å². The summed E-state index contributed by atoms with van der Waals surface area (Å²) in [5, 5.41) is 7.85. The van der Waals surface area contributed by atoms with Crippen molar-refractivity contribution in [3.63, 3.8) is 0 Å². The van der Waals surface area contributed by atoms with Gasteiger partial charge in [0.1, 0.15) is 12.4 Å². The molecule has 2 aromatic rings. The van der Waals surface area contributed by atoms with Crippen molar-refractivity contribution < 1.29 is 28.2 Å². The predicted molar refractivity (Wildman–Crippen MR) is 93.6 cm³/mol. The lowest BCUT2D eigenvalue weighted by Gasteiger charge is -2.32. The molecule has 1 aliphatic rings. The third-order valence-corrected chi connectivity index (χ3v) is 4.11. The first-order valence-corrected chi connectivity index (χ1v) is 8.12. The third-order valence-electron chi connectivity index (χ3n) is 4.11. The van der Waals surface area contributed by atoms with Gasteiger partial charge >= 0.3 is 11.9 Å². The van der Waals surface area contributed by atoms with Crippen LogP contribution in [0.3, 0.4) is 0 Å². The van der Waals surface area contributed by atoms with Crippen molar-refractivity contribution in [1.82, 2.24) is 10.2 Å². The molecule has 3 rings (SSSR count). The van der Waals surface area contributed by atoms with Crippen LogP contribution in [0.1, 0.15) is 11.5 Å². The molecule has 1 aromatic carbocycles. The number of hydrogen-bond acceptors (Lipinski definition) is 9. The number of rotatable bonds is 4. The molecular weight excluding hydrogens is 354 g/mol. The molecule has 1 aliphatic heterocycles. The Labute approximate surface area is 155 Å². The lowest BCUT2D eigenvalue weighted by atomic mass is 10.1. The van der Waals surface area contributed by atoms with Gasteiger partial charge in [-0.1, -0.05) is 6.07 Å². The lowest BCUT2D eigenvalue weighted by Crippen LogP contribution is -2.39. The number of nitrogens with zero attached hydrogens (tertiary/aromatic N) is 3. The van der Waals surface area contributed by atoms with E-state index in [1.165, 1.54) is 14.2 Å². The van der Waals surface area contributed by atoms with Crippen LogP contribution in [0, 0.1) is 13.8 Å². The highest BCUT2D eigenvalue weighted by Gasteiger charge is 2.33. The van der Waals surface area contributed by atoms with E-state index in [2.05, 4.69) is 10.2 Å². The topological polar surface area (TPSA) is 104 Å². The van der Waals surface area contributed by atoms with E-state index in [9.17, 15) is 9.59 Å². The van der Waals surface area contributed by atoms with E-state index in [-0.39, 0.29) is 24.6 Å². The number of aryl methyl sites for hydroxylation is 2. The predicted octanol–water partition coefficient (Wildman–Crippen LogP) is 1.75. The third kappa shape index (κ3) is 3.54. The number of ether oxygens (including phenoxy) is 3. The molecule has 0 radical (unpaired) electrons. The highest BCUT2D eigenvalue weighted by atomic mass is 16.5. The van der Waals surface area contributed by atoms with Gasteiger partial charge in [0.15, 0.2) is 0 Å². The zero-order chi connectivity index (χ0) is 19.6. The molecule has 27 heavy (non-hydrogen) atoms. The van der Waals surface area contributed by atoms with Crippen LogP contribution >= 0.6 is 0 Å². The largest absolute Gasteiger partial charge is 0.466 e. The quantitative estimate of drug-likeness (QED) is 0.741. The molecule has 0 aliphatic carbocycles. The number of benzene rings is 1. The lowest BCUT2D eigenvalue weighted by molar-refractivity contribution is -0.140. The maximum Gasteiger partial charge on any atom is 0.355 e. The van der Waals surface area contributed by atoms with Crippen LogP contribution in [0.15, 0.2) is 33.9 Å². The molecule has 0 bridgehead atoms. The Morgan fingerprint density at radius 3 is 2.48 bits per heavy atom. The van der Waals surface area contributed by atoms with Crippen LogP contribution in [0.5, 0.6) is 0 Å². The van der Waals surface area contributed by atoms with Crippen LogP contribution in [-0.2, 0) is 23.8 Å². The highest BCUT2D eigenvalue weighted by Crippen LogP contribution is 2.32. The Balaban J connectivity index is 2.13. The van der Waals surface area contributed by atoms with Gasteiger partial charge in [-0.15, -0.1) is 10.2 Å². The SMILES string of the molecule is COC(=O)C1=C(C(=O)OC)N(c2cc(-c3nnc(C)o3)ccc2C)COC1. The second kappa shape index (κ2) is 7.58. The smallest absolute Gasteiger partial charge is 0.355 e. The van der Waals surface area contributed by atoms with Crippen molar-refractivity contribution in [2.75, 3.05) is 32.5 Å². The maximum absolute atomic E-state index is 12.4. The molecular formula is C18H19N3O6. The summed E-state index contributed by atoms with van der Waals surface area (Å²) in [6, 6.07) is 5.47. The monoisotopic (exact) mass is 373 g/mol. The van der Waals surface area contributed by atoms with Crippen molar-refractivity contribution in [3.8, 4) is 11.5 Å². The average Bonchev–Trinajstić information content (AvgIpc) is 3.12. The Morgan fingerprint density at radius 2 is 1.85 bits per heavy atom. The van der Waals surface area contributed by atoms with Gasteiger partial charge in [0.25, 0.3) is 0 Å². The molecule has 0 saturated carbocycles. The zero-order valence-electron chi connectivity index (χ0n) is 15.4. The van der Waals surface area contributed by atoms with Crippen molar-refractivity contribution in [2.24, 2.45) is 0 Å². The van der Waals surface area contributed by atoms with Crippen LogP contribution in [0.4, 0.5) is 5.69 Å². The first kappa shape index (κ1) is 18.6. The molecule has 0 fully saturated rings. The molecule has 1 aromatic heterocycles. The van der Waals surface area contributed by atoms with Gasteiger partial charge in [0.2, 0.25) is 11.8 Å². The number of hydrogen-bond donors (Lipinski definition) is 0. The molecule has 9 nitrogen and oxygen atoms in total. The number of anilines is 1. The normalized spacial score (nSPS) is 14.3. The summed E-state index contributed by atoms with van der Waals surface area (Å²) in [6.45, 7) is 3.59. The number of aromatic nitrogens is 2. The summed E-state index contributed by atoms with van der Waals surface area (Å²) in [4.78, 5) is 26.1. The second-order valence-corrected chi connectivity index (χ2v) is 5.84. The van der Waals surface area contributed by atoms with Crippen molar-refractivity contribution in [2.45, 2.75) is 13.8 Å². The van der Waals surface area contributed by atoms with Gasteiger partial charge in [0, 0.05) is 18.2 Å². The molecule has 0 N–H and O–H groups in total. The molecule has 2 heterocycles. The van der Waals surface area contributed by atoms with Gasteiger partial charge in [-0.2, -0.15) is 0 Å². The summed E-state index contributed by atoms with van der Waals surface area (Å²) >= 11 is 0. The van der Waals surface area contributed by atoms with Crippen LogP contribution in [0.25, 0.3) is 11.5 Å². The average molecular weight is 373 g/mol. The second-order valence-electron chi connectivity index (χ2n) is 5.84. The van der Waals surface area contributed by atoms with Crippen LogP contribution < -0.4 is 4.90 Å². The fraction of sp³-hybridized carbons (Fsp3) is 0.333. The fourth-order valence-corrected chi connectivity index (χ4v) is 2.78. The summed E-state index contributed by atoms with van der Waals surface area (Å²) in [5.41, 5.74) is 2.34. The van der Waals surface area contributed by atoms with Crippen LogP contribution in [0.2, 0.25) is 0 Å². The minimum Gasteiger partial charge on any atom is -0.466 e. The van der Waals surface area contributed by atoms with Gasteiger partial charge in [-0.25, -0.2) is 9.59 Å². The summed E-state index contributed by atoms with van der Waals surface area (Å²) in [5.74, 6) is -0.515. The molecule has 9 heteroatoms.